The molecule has 14 heteroatoms. The van der Waals surface area contributed by atoms with Gasteiger partial charge in [-0.1, -0.05) is 11.6 Å². The first kappa shape index (κ1) is 24.2. The Kier molecular flexibility index (Phi) is 6.14. The summed E-state index contributed by atoms with van der Waals surface area (Å²) in [6.07, 6.45) is 6.11. The lowest BCUT2D eigenvalue weighted by Gasteiger charge is -2.34. The van der Waals surface area contributed by atoms with Gasteiger partial charge in [-0.25, -0.2) is 32.2 Å². The lowest BCUT2D eigenvalue weighted by Crippen LogP contribution is -2.35. The molecule has 10 nitrogen and oxygen atoms in total. The molecule has 36 heavy (non-hydrogen) atoms. The lowest BCUT2D eigenvalue weighted by atomic mass is 10.0. The summed E-state index contributed by atoms with van der Waals surface area (Å²) in [6, 6.07) is 2.44. The van der Waals surface area contributed by atoms with Crippen LogP contribution in [-0.2, 0) is 23.1 Å². The Morgan fingerprint density at radius 3 is 2.78 bits per heavy atom. The standard InChI is InChI=1S/C22H20ClF2N7O3S/c1-31-9-16-20(21-26-5-6-27-21)29-11-32(16)10-15(31)18-13(24)3-4-14(19(18)25)30-36(33,34)17-7-12(23)8-28-22(17)35-2/h3-8,11,15,30H,9-10H2,1-2H3,(H,26,27)/t15-/m0/s1. The molecule has 1 aliphatic heterocycles. The fourth-order valence-electron chi connectivity index (χ4n) is 4.21. The highest BCUT2D eigenvalue weighted by molar-refractivity contribution is 7.92. The Morgan fingerprint density at radius 1 is 1.25 bits per heavy atom. The Labute approximate surface area is 210 Å². The summed E-state index contributed by atoms with van der Waals surface area (Å²) in [5.74, 6) is -1.46. The zero-order chi connectivity index (χ0) is 25.6. The largest absolute Gasteiger partial charge is 0.480 e. The number of pyridine rings is 1. The van der Waals surface area contributed by atoms with Crippen molar-refractivity contribution < 1.29 is 21.9 Å². The van der Waals surface area contributed by atoms with Gasteiger partial charge >= 0.3 is 0 Å². The first-order chi connectivity index (χ1) is 17.2. The van der Waals surface area contributed by atoms with Crippen molar-refractivity contribution >= 4 is 27.3 Å². The average molecular weight is 536 g/mol. The van der Waals surface area contributed by atoms with Gasteiger partial charge in [0.15, 0.2) is 16.5 Å². The minimum atomic E-state index is -4.37. The third-order valence-corrected chi connectivity index (χ3v) is 7.51. The van der Waals surface area contributed by atoms with Crippen LogP contribution in [0.4, 0.5) is 14.5 Å². The van der Waals surface area contributed by atoms with E-state index in [1.54, 1.807) is 35.2 Å². The van der Waals surface area contributed by atoms with Crippen molar-refractivity contribution in [2.75, 3.05) is 18.9 Å². The van der Waals surface area contributed by atoms with Gasteiger partial charge in [0.2, 0.25) is 5.88 Å². The van der Waals surface area contributed by atoms with Gasteiger partial charge in [0.1, 0.15) is 11.5 Å². The van der Waals surface area contributed by atoms with Crippen molar-refractivity contribution in [2.24, 2.45) is 0 Å². The second kappa shape index (κ2) is 9.15. The molecule has 188 valence electrons. The van der Waals surface area contributed by atoms with Crippen LogP contribution in [0.15, 0.2) is 48.0 Å². The molecule has 2 N–H and O–H groups in total. The molecule has 0 aliphatic carbocycles. The van der Waals surface area contributed by atoms with E-state index >= 15 is 4.39 Å². The van der Waals surface area contributed by atoms with Crippen LogP contribution in [0.3, 0.4) is 0 Å². The van der Waals surface area contributed by atoms with E-state index in [2.05, 4.69) is 24.7 Å². The number of anilines is 1. The smallest absolute Gasteiger partial charge is 0.267 e. The van der Waals surface area contributed by atoms with Gasteiger partial charge in [-0.3, -0.25) is 9.62 Å². The fourth-order valence-corrected chi connectivity index (χ4v) is 5.64. The highest BCUT2D eigenvalue weighted by atomic mass is 35.5. The van der Waals surface area contributed by atoms with E-state index in [0.717, 1.165) is 23.9 Å². The minimum Gasteiger partial charge on any atom is -0.480 e. The van der Waals surface area contributed by atoms with E-state index in [1.165, 1.54) is 13.3 Å². The summed E-state index contributed by atoms with van der Waals surface area (Å²) in [5, 5.41) is 0.0466. The number of fused-ring (bicyclic) bond motifs is 1. The van der Waals surface area contributed by atoms with Gasteiger partial charge in [-0.15, -0.1) is 0 Å². The summed E-state index contributed by atoms with van der Waals surface area (Å²) < 4.78 is 65.7. The molecule has 0 fully saturated rings. The number of hydrogen-bond acceptors (Lipinski definition) is 7. The molecule has 0 spiro atoms. The maximum absolute atomic E-state index is 15.7. The Morgan fingerprint density at radius 2 is 2.06 bits per heavy atom. The summed E-state index contributed by atoms with van der Waals surface area (Å²) in [7, 11) is -1.40. The van der Waals surface area contributed by atoms with Gasteiger partial charge < -0.3 is 14.3 Å². The molecule has 0 bridgehead atoms. The molecule has 0 unspecified atom stereocenters. The Balaban J connectivity index is 1.50. The number of imidazole rings is 2. The molecule has 1 aliphatic rings. The molecule has 5 rings (SSSR count). The highest BCUT2D eigenvalue weighted by Crippen LogP contribution is 2.37. The van der Waals surface area contributed by atoms with Crippen LogP contribution in [0.2, 0.25) is 5.02 Å². The first-order valence-electron chi connectivity index (χ1n) is 10.6. The Bertz CT molecular complexity index is 1540. The maximum atomic E-state index is 15.7. The number of likely N-dealkylation sites (N-methyl/N-ethyl adjacent to an activating group) is 1. The fraction of sp³-hybridized carbons (Fsp3) is 0.227. The number of halogens is 3. The molecule has 0 radical (unpaired) electrons. The number of H-pyrrole nitrogens is 1. The van der Waals surface area contributed by atoms with Crippen molar-refractivity contribution in [2.45, 2.75) is 24.0 Å². The quantitative estimate of drug-likeness (QED) is 0.387. The number of sulfonamides is 1. The molecular weight excluding hydrogens is 516 g/mol. The predicted molar refractivity (Wildman–Crippen MR) is 127 cm³/mol. The molecule has 1 atom stereocenters. The van der Waals surface area contributed by atoms with Gasteiger partial charge in [-0.2, -0.15) is 0 Å². The summed E-state index contributed by atoms with van der Waals surface area (Å²) in [4.78, 5) is 16.9. The maximum Gasteiger partial charge on any atom is 0.267 e. The Hall–Kier alpha value is -3.55. The zero-order valence-corrected chi connectivity index (χ0v) is 20.6. The molecule has 0 amide bonds. The van der Waals surface area contributed by atoms with Crippen LogP contribution in [0, 0.1) is 11.6 Å². The van der Waals surface area contributed by atoms with E-state index < -0.39 is 33.4 Å². The number of aromatic nitrogens is 5. The van der Waals surface area contributed by atoms with Crippen LogP contribution in [-0.4, -0.2) is 52.0 Å². The van der Waals surface area contributed by atoms with Crippen molar-refractivity contribution in [3.63, 3.8) is 0 Å². The average Bonchev–Trinajstić information content (AvgIpc) is 3.51. The minimum absolute atomic E-state index is 0.0466. The van der Waals surface area contributed by atoms with Gasteiger partial charge in [0.05, 0.1) is 35.9 Å². The molecule has 0 saturated carbocycles. The summed E-state index contributed by atoms with van der Waals surface area (Å²) in [5.41, 5.74) is 0.793. The van der Waals surface area contributed by atoms with Gasteiger partial charge in [0.25, 0.3) is 10.0 Å². The summed E-state index contributed by atoms with van der Waals surface area (Å²) in [6.45, 7) is 0.524. The van der Waals surface area contributed by atoms with Crippen molar-refractivity contribution in [1.82, 2.24) is 29.4 Å². The van der Waals surface area contributed by atoms with Crippen molar-refractivity contribution in [1.29, 1.82) is 0 Å². The summed E-state index contributed by atoms with van der Waals surface area (Å²) >= 11 is 5.90. The number of methoxy groups -OCH3 is 1. The zero-order valence-electron chi connectivity index (χ0n) is 19.0. The topological polar surface area (TPSA) is 118 Å². The third kappa shape index (κ3) is 4.18. The number of hydrogen-bond donors (Lipinski definition) is 2. The van der Waals surface area contributed by atoms with Crippen molar-refractivity contribution in [3.8, 4) is 17.4 Å². The van der Waals surface area contributed by atoms with Crippen LogP contribution in [0.25, 0.3) is 11.5 Å². The van der Waals surface area contributed by atoms with E-state index in [4.69, 9.17) is 16.3 Å². The first-order valence-corrected chi connectivity index (χ1v) is 12.5. The number of ether oxygens (including phenoxy) is 1. The lowest BCUT2D eigenvalue weighted by molar-refractivity contribution is 0.171. The third-order valence-electron chi connectivity index (χ3n) is 5.94. The van der Waals surface area contributed by atoms with E-state index in [-0.39, 0.29) is 27.9 Å². The normalized spacial score (nSPS) is 16.1. The van der Waals surface area contributed by atoms with Crippen molar-refractivity contribution in [3.05, 3.63) is 71.0 Å². The molecule has 4 heterocycles. The van der Waals surface area contributed by atoms with Crippen LogP contribution >= 0.6 is 11.6 Å². The van der Waals surface area contributed by atoms with Crippen LogP contribution in [0.1, 0.15) is 17.3 Å². The second-order valence-electron chi connectivity index (χ2n) is 8.15. The van der Waals surface area contributed by atoms with E-state index in [1.807, 2.05) is 0 Å². The van der Waals surface area contributed by atoms with E-state index in [0.29, 0.717) is 18.1 Å². The van der Waals surface area contributed by atoms with E-state index in [9.17, 15) is 12.8 Å². The molecule has 0 saturated heterocycles. The molecule has 4 aromatic rings. The predicted octanol–water partition coefficient (Wildman–Crippen LogP) is 3.60. The number of rotatable bonds is 6. The molecular formula is C22H20ClF2N7O3S. The molecule has 3 aromatic heterocycles. The molecule has 1 aromatic carbocycles. The highest BCUT2D eigenvalue weighted by Gasteiger charge is 2.33. The SMILES string of the molecule is COc1ncc(Cl)cc1S(=O)(=O)Nc1ccc(F)c([C@@H]2Cn3cnc(-c4ncc[nH]4)c3CN2C)c1F. The number of nitrogens with one attached hydrogen (secondary N) is 2. The van der Waals surface area contributed by atoms with Crippen LogP contribution in [0.5, 0.6) is 5.88 Å². The number of nitrogens with zero attached hydrogens (tertiary/aromatic N) is 5. The number of benzene rings is 1. The second-order valence-corrected chi connectivity index (χ2v) is 10.2. The monoisotopic (exact) mass is 535 g/mol. The number of aromatic amines is 1. The van der Waals surface area contributed by atoms with Crippen LogP contribution < -0.4 is 9.46 Å². The van der Waals surface area contributed by atoms with Gasteiger partial charge in [0, 0.05) is 37.2 Å². The van der Waals surface area contributed by atoms with Gasteiger partial charge in [-0.05, 0) is 25.2 Å².